The van der Waals surface area contributed by atoms with Gasteiger partial charge in [-0.3, -0.25) is 10.1 Å². The van der Waals surface area contributed by atoms with Crippen LogP contribution < -0.4 is 10.1 Å². The number of dihydropyridines is 1. The van der Waals surface area contributed by atoms with Gasteiger partial charge in [0.15, 0.2) is 0 Å². The first-order valence-corrected chi connectivity index (χ1v) is 11.8. The van der Waals surface area contributed by atoms with Gasteiger partial charge in [-0.05, 0) is 49.9 Å². The van der Waals surface area contributed by atoms with Gasteiger partial charge in [0.1, 0.15) is 19.0 Å². The van der Waals surface area contributed by atoms with Crippen molar-refractivity contribution in [2.24, 2.45) is 0 Å². The molecule has 0 bridgehead atoms. The second-order valence-electron chi connectivity index (χ2n) is 8.43. The molecule has 0 radical (unpaired) electrons. The van der Waals surface area contributed by atoms with Crippen molar-refractivity contribution >= 4 is 17.6 Å². The highest BCUT2D eigenvalue weighted by atomic mass is 16.6. The van der Waals surface area contributed by atoms with Gasteiger partial charge in [0, 0.05) is 30.1 Å². The second-order valence-corrected chi connectivity index (χ2v) is 8.43. The molecular weight excluding hydrogens is 480 g/mol. The van der Waals surface area contributed by atoms with Crippen molar-refractivity contribution in [3.63, 3.8) is 0 Å². The van der Waals surface area contributed by atoms with Crippen LogP contribution in [0.4, 0.5) is 5.69 Å². The van der Waals surface area contributed by atoms with Crippen molar-refractivity contribution < 1.29 is 33.8 Å². The zero-order valence-electron chi connectivity index (χ0n) is 21.0. The Labute approximate surface area is 214 Å². The number of allylic oxidation sites excluding steroid dienone is 2. The van der Waals surface area contributed by atoms with Gasteiger partial charge in [0.25, 0.3) is 5.69 Å². The Kier molecular flexibility index (Phi) is 9.39. The number of nitrogens with zero attached hydrogens (tertiary/aromatic N) is 1. The molecule has 1 aliphatic heterocycles. The summed E-state index contributed by atoms with van der Waals surface area (Å²) in [6.07, 6.45) is 1.45. The number of carbonyl (C=O) groups excluding carboxylic acids is 2. The number of methoxy groups -OCH3 is 1. The summed E-state index contributed by atoms with van der Waals surface area (Å²) in [4.78, 5) is 36.8. The van der Waals surface area contributed by atoms with E-state index in [0.717, 1.165) is 12.0 Å². The monoisotopic (exact) mass is 510 g/mol. The van der Waals surface area contributed by atoms with Gasteiger partial charge < -0.3 is 24.6 Å². The zero-order chi connectivity index (χ0) is 26.9. The van der Waals surface area contributed by atoms with Crippen LogP contribution >= 0.6 is 0 Å². The standard InChI is InChI=1S/C27H30N2O8/c1-17-23(26(31)35-3)25(20-7-4-8-21(16-20)29(33)34)24(18(2)28-17)27(32)37-15-14-36-22-11-9-19(10-12-22)6-5-13-30/h4,7-12,16,25,28,30H,5-6,13-15H2,1-3H3. The molecule has 3 rings (SSSR count). The molecule has 10 heteroatoms. The van der Waals surface area contributed by atoms with Crippen LogP contribution in [-0.2, 0) is 25.5 Å². The molecule has 196 valence electrons. The normalized spacial score (nSPS) is 15.2. The maximum absolute atomic E-state index is 13.2. The molecule has 0 aromatic heterocycles. The fourth-order valence-electron chi connectivity index (χ4n) is 4.20. The minimum atomic E-state index is -0.923. The topological polar surface area (TPSA) is 137 Å². The number of esters is 2. The smallest absolute Gasteiger partial charge is 0.336 e. The highest BCUT2D eigenvalue weighted by Crippen LogP contribution is 2.40. The Balaban J connectivity index is 1.77. The Bertz CT molecular complexity index is 1220. The summed E-state index contributed by atoms with van der Waals surface area (Å²) in [5, 5.41) is 23.3. The number of hydrogen-bond donors (Lipinski definition) is 2. The van der Waals surface area contributed by atoms with Crippen LogP contribution in [0.2, 0.25) is 0 Å². The number of aliphatic hydroxyl groups is 1. The van der Waals surface area contributed by atoms with Gasteiger partial charge in [0.2, 0.25) is 0 Å². The van der Waals surface area contributed by atoms with Crippen molar-refractivity contribution in [2.75, 3.05) is 26.9 Å². The molecule has 2 aromatic carbocycles. The summed E-state index contributed by atoms with van der Waals surface area (Å²) in [5.74, 6) is -1.66. The fraction of sp³-hybridized carbons (Fsp3) is 0.333. The Morgan fingerprint density at radius 2 is 1.70 bits per heavy atom. The van der Waals surface area contributed by atoms with Crippen LogP contribution in [0.15, 0.2) is 71.1 Å². The molecule has 2 N–H and O–H groups in total. The first kappa shape index (κ1) is 27.4. The molecule has 0 aliphatic carbocycles. The van der Waals surface area contributed by atoms with E-state index in [2.05, 4.69) is 5.32 Å². The maximum Gasteiger partial charge on any atom is 0.336 e. The molecular formula is C27H30N2O8. The summed E-state index contributed by atoms with van der Waals surface area (Å²) in [7, 11) is 1.23. The number of aryl methyl sites for hydroxylation is 1. The van der Waals surface area contributed by atoms with E-state index in [-0.39, 0.29) is 36.7 Å². The first-order chi connectivity index (χ1) is 17.8. The van der Waals surface area contributed by atoms with E-state index in [1.165, 1.54) is 25.3 Å². The third-order valence-electron chi connectivity index (χ3n) is 5.93. The number of hydrogen-bond acceptors (Lipinski definition) is 9. The van der Waals surface area contributed by atoms with Gasteiger partial charge in [-0.15, -0.1) is 0 Å². The van der Waals surface area contributed by atoms with Gasteiger partial charge in [0.05, 0.1) is 29.1 Å². The van der Waals surface area contributed by atoms with E-state index < -0.39 is 22.8 Å². The molecule has 2 aromatic rings. The third-order valence-corrected chi connectivity index (χ3v) is 5.93. The lowest BCUT2D eigenvalue weighted by Gasteiger charge is -2.30. The largest absolute Gasteiger partial charge is 0.490 e. The number of aliphatic hydroxyl groups excluding tert-OH is 1. The molecule has 0 spiro atoms. The number of nitro groups is 1. The number of nitrogens with one attached hydrogen (secondary N) is 1. The zero-order valence-corrected chi connectivity index (χ0v) is 21.0. The number of non-ortho nitro benzene ring substituents is 1. The number of benzene rings is 2. The van der Waals surface area contributed by atoms with Crippen molar-refractivity contribution in [1.29, 1.82) is 0 Å². The fourth-order valence-corrected chi connectivity index (χ4v) is 4.20. The molecule has 1 atom stereocenters. The predicted molar refractivity (Wildman–Crippen MR) is 135 cm³/mol. The van der Waals surface area contributed by atoms with Crippen molar-refractivity contribution in [1.82, 2.24) is 5.32 Å². The van der Waals surface area contributed by atoms with Crippen molar-refractivity contribution in [3.05, 3.63) is 92.3 Å². The highest BCUT2D eigenvalue weighted by molar-refractivity contribution is 5.99. The minimum Gasteiger partial charge on any atom is -0.490 e. The molecule has 1 unspecified atom stereocenters. The predicted octanol–water partition coefficient (Wildman–Crippen LogP) is 3.55. The SMILES string of the molecule is COC(=O)C1=C(C)NC(C)=C(C(=O)OCCOc2ccc(CCCO)cc2)C1c1cccc([N+](=O)[O-])c1. The lowest BCUT2D eigenvalue weighted by atomic mass is 9.80. The Morgan fingerprint density at radius 1 is 1.03 bits per heavy atom. The third kappa shape index (κ3) is 6.73. The Hall–Kier alpha value is -4.18. The molecule has 1 aliphatic rings. The van der Waals surface area contributed by atoms with Crippen LogP contribution in [0.5, 0.6) is 5.75 Å². The number of nitro benzene ring substituents is 1. The molecule has 1 heterocycles. The van der Waals surface area contributed by atoms with Gasteiger partial charge in [-0.1, -0.05) is 24.3 Å². The number of carbonyl (C=O) groups is 2. The van der Waals surface area contributed by atoms with Crippen LogP contribution in [0.25, 0.3) is 0 Å². The van der Waals surface area contributed by atoms with Crippen molar-refractivity contribution in [2.45, 2.75) is 32.6 Å². The molecule has 0 saturated heterocycles. The lowest BCUT2D eigenvalue weighted by molar-refractivity contribution is -0.384. The molecule has 37 heavy (non-hydrogen) atoms. The van der Waals surface area contributed by atoms with E-state index in [1.807, 2.05) is 12.1 Å². The molecule has 0 fully saturated rings. The summed E-state index contributed by atoms with van der Waals surface area (Å²) < 4.78 is 16.1. The van der Waals surface area contributed by atoms with Gasteiger partial charge in [-0.25, -0.2) is 9.59 Å². The van der Waals surface area contributed by atoms with Crippen molar-refractivity contribution in [3.8, 4) is 5.75 Å². The second kappa shape index (κ2) is 12.7. The van der Waals surface area contributed by atoms with Crippen LogP contribution in [-0.4, -0.2) is 48.9 Å². The van der Waals surface area contributed by atoms with Gasteiger partial charge in [-0.2, -0.15) is 0 Å². The summed E-state index contributed by atoms with van der Waals surface area (Å²) >= 11 is 0. The quantitative estimate of drug-likeness (QED) is 0.201. The van der Waals surface area contributed by atoms with E-state index in [0.29, 0.717) is 29.1 Å². The first-order valence-electron chi connectivity index (χ1n) is 11.8. The Morgan fingerprint density at radius 3 is 2.32 bits per heavy atom. The molecule has 0 amide bonds. The highest BCUT2D eigenvalue weighted by Gasteiger charge is 2.38. The van der Waals surface area contributed by atoms with E-state index in [9.17, 15) is 19.7 Å². The number of ether oxygens (including phenoxy) is 3. The molecule has 0 saturated carbocycles. The van der Waals surface area contributed by atoms with Crippen LogP contribution in [0.1, 0.15) is 37.3 Å². The summed E-state index contributed by atoms with van der Waals surface area (Å²) in [6.45, 7) is 3.52. The van der Waals surface area contributed by atoms with E-state index in [1.54, 1.807) is 32.0 Å². The van der Waals surface area contributed by atoms with Gasteiger partial charge >= 0.3 is 11.9 Å². The lowest BCUT2D eigenvalue weighted by Crippen LogP contribution is -2.32. The van der Waals surface area contributed by atoms with Crippen LogP contribution in [0, 0.1) is 10.1 Å². The average Bonchev–Trinajstić information content (AvgIpc) is 2.89. The minimum absolute atomic E-state index is 0.0558. The average molecular weight is 511 g/mol. The van der Waals surface area contributed by atoms with Crippen LogP contribution in [0.3, 0.4) is 0 Å². The number of rotatable bonds is 11. The van der Waals surface area contributed by atoms with E-state index in [4.69, 9.17) is 19.3 Å². The molecule has 10 nitrogen and oxygen atoms in total. The van der Waals surface area contributed by atoms with E-state index >= 15 is 0 Å². The maximum atomic E-state index is 13.2. The summed E-state index contributed by atoms with van der Waals surface area (Å²) in [6, 6.07) is 13.2. The summed E-state index contributed by atoms with van der Waals surface area (Å²) in [5.41, 5.74) is 2.56.